The quantitative estimate of drug-likeness (QED) is 0.284. The van der Waals surface area contributed by atoms with Gasteiger partial charge in [0.05, 0.1) is 11.3 Å². The lowest BCUT2D eigenvalue weighted by atomic mass is 9.98. The number of amidine groups is 3. The highest BCUT2D eigenvalue weighted by atomic mass is 19.1. The van der Waals surface area contributed by atoms with Crippen LogP contribution in [0.1, 0.15) is 25.8 Å². The molecule has 1 heterocycles. The molecule has 1 aromatic rings. The zero-order valence-corrected chi connectivity index (χ0v) is 16.4. The van der Waals surface area contributed by atoms with E-state index in [0.29, 0.717) is 30.8 Å². The average Bonchev–Trinajstić information content (AvgIpc) is 2.67. The second-order valence-corrected chi connectivity index (χ2v) is 6.75. The minimum atomic E-state index is -0.872. The summed E-state index contributed by atoms with van der Waals surface area (Å²) >= 11 is 0. The van der Waals surface area contributed by atoms with Crippen LogP contribution in [0, 0.1) is 28.4 Å². The summed E-state index contributed by atoms with van der Waals surface area (Å²) in [6.07, 6.45) is 3.55. The highest BCUT2D eigenvalue weighted by Crippen LogP contribution is 2.18. The number of hydrogen-bond donors (Lipinski definition) is 5. The standard InChI is InChI=1S/C20H25F2N7/c1-11(2)19(26)29-16(24)7-6-15(23)17(20-27-8-3-9-28-20)18(25)13-5-4-12(21)10-14(13)22/h4-7,10-11,25H,3,8-9,23H2,1-2H3,(H,27,28)(H3,24,26,29)/b7-6-,17-15-,25-18?. The van der Waals surface area contributed by atoms with Gasteiger partial charge in [0.2, 0.25) is 0 Å². The Bertz CT molecular complexity index is 927. The number of allylic oxidation sites excluding steroid dienone is 1. The van der Waals surface area contributed by atoms with Crippen LogP contribution >= 0.6 is 0 Å². The number of nitrogens with zero attached hydrogens (tertiary/aromatic N) is 2. The Labute approximate surface area is 168 Å². The molecule has 154 valence electrons. The summed E-state index contributed by atoms with van der Waals surface area (Å²) in [6, 6.07) is 2.97. The zero-order chi connectivity index (χ0) is 21.6. The summed E-state index contributed by atoms with van der Waals surface area (Å²) in [7, 11) is 0. The Kier molecular flexibility index (Phi) is 7.35. The van der Waals surface area contributed by atoms with Gasteiger partial charge in [-0.1, -0.05) is 13.8 Å². The second-order valence-electron chi connectivity index (χ2n) is 6.75. The summed E-state index contributed by atoms with van der Waals surface area (Å²) < 4.78 is 27.5. The topological polar surface area (TPSA) is 136 Å². The van der Waals surface area contributed by atoms with E-state index in [4.69, 9.17) is 22.3 Å². The van der Waals surface area contributed by atoms with Gasteiger partial charge in [-0.3, -0.25) is 15.8 Å². The number of nitrogens with one attached hydrogen (secondary N) is 3. The predicted octanol–water partition coefficient (Wildman–Crippen LogP) is 2.48. The van der Waals surface area contributed by atoms with Gasteiger partial charge in [0.15, 0.2) is 0 Å². The molecule has 0 saturated heterocycles. The smallest absolute Gasteiger partial charge is 0.146 e. The van der Waals surface area contributed by atoms with Crippen molar-refractivity contribution in [3.8, 4) is 0 Å². The Morgan fingerprint density at radius 1 is 1.24 bits per heavy atom. The van der Waals surface area contributed by atoms with Crippen molar-refractivity contribution in [2.75, 3.05) is 13.1 Å². The fourth-order valence-corrected chi connectivity index (χ4v) is 2.48. The average molecular weight is 401 g/mol. The van der Waals surface area contributed by atoms with Crippen LogP contribution in [0.4, 0.5) is 8.78 Å². The van der Waals surface area contributed by atoms with Gasteiger partial charge >= 0.3 is 0 Å². The molecule has 1 aliphatic heterocycles. The van der Waals surface area contributed by atoms with Crippen LogP contribution in [0.3, 0.4) is 0 Å². The molecule has 1 aromatic carbocycles. The van der Waals surface area contributed by atoms with Crippen molar-refractivity contribution < 1.29 is 8.78 Å². The number of halogens is 2. The highest BCUT2D eigenvalue weighted by Gasteiger charge is 2.21. The van der Waals surface area contributed by atoms with E-state index >= 15 is 0 Å². The molecule has 0 aliphatic carbocycles. The largest absolute Gasteiger partial charge is 0.398 e. The Morgan fingerprint density at radius 2 is 1.97 bits per heavy atom. The third-order valence-electron chi connectivity index (χ3n) is 4.14. The molecular formula is C20H25F2N7. The molecule has 7 nitrogen and oxygen atoms in total. The van der Waals surface area contributed by atoms with Crippen LogP contribution in [0.25, 0.3) is 0 Å². The molecule has 0 atom stereocenters. The van der Waals surface area contributed by atoms with E-state index in [-0.39, 0.29) is 34.3 Å². The lowest BCUT2D eigenvalue weighted by Crippen LogP contribution is -2.35. The lowest BCUT2D eigenvalue weighted by Gasteiger charge is -2.19. The summed E-state index contributed by atoms with van der Waals surface area (Å²) in [4.78, 5) is 8.30. The predicted molar refractivity (Wildman–Crippen MR) is 113 cm³/mol. The van der Waals surface area contributed by atoms with Gasteiger partial charge < -0.3 is 16.8 Å². The van der Waals surface area contributed by atoms with E-state index in [0.717, 1.165) is 12.5 Å². The van der Waals surface area contributed by atoms with Crippen molar-refractivity contribution in [3.05, 3.63) is 58.8 Å². The normalized spacial score (nSPS) is 15.8. The molecule has 0 spiro atoms. The third-order valence-corrected chi connectivity index (χ3v) is 4.14. The first-order chi connectivity index (χ1) is 13.7. The van der Waals surface area contributed by atoms with Crippen LogP contribution in [0.15, 0.2) is 51.6 Å². The Hall–Kier alpha value is -3.36. The number of benzene rings is 1. The third kappa shape index (κ3) is 5.81. The van der Waals surface area contributed by atoms with E-state index in [9.17, 15) is 8.78 Å². The molecule has 0 radical (unpaired) electrons. The maximum atomic E-state index is 14.2. The van der Waals surface area contributed by atoms with Gasteiger partial charge in [0.25, 0.3) is 0 Å². The van der Waals surface area contributed by atoms with Crippen LogP contribution in [0.2, 0.25) is 0 Å². The van der Waals surface area contributed by atoms with Crippen molar-refractivity contribution in [1.29, 1.82) is 10.8 Å². The van der Waals surface area contributed by atoms with Gasteiger partial charge in [0.1, 0.15) is 29.1 Å². The van der Waals surface area contributed by atoms with Crippen molar-refractivity contribution in [1.82, 2.24) is 5.32 Å². The molecule has 2 rings (SSSR count). The van der Waals surface area contributed by atoms with Crippen LogP contribution < -0.4 is 16.8 Å². The van der Waals surface area contributed by atoms with Crippen LogP contribution in [-0.4, -0.2) is 36.3 Å². The van der Waals surface area contributed by atoms with Gasteiger partial charge in [-0.25, -0.2) is 13.8 Å². The number of aliphatic imine (C=N–C) groups is 2. The first-order valence-electron chi connectivity index (χ1n) is 9.14. The number of hydrogen-bond acceptors (Lipinski definition) is 5. The van der Waals surface area contributed by atoms with Crippen molar-refractivity contribution >= 4 is 23.2 Å². The molecule has 1 aliphatic rings. The summed E-state index contributed by atoms with van der Waals surface area (Å²) in [6.45, 7) is 4.87. The Morgan fingerprint density at radius 3 is 2.55 bits per heavy atom. The molecule has 0 saturated carbocycles. The maximum Gasteiger partial charge on any atom is 0.146 e. The second kappa shape index (κ2) is 9.72. The highest BCUT2D eigenvalue weighted by molar-refractivity contribution is 6.29. The molecular weight excluding hydrogens is 376 g/mol. The fraction of sp³-hybridized carbons (Fsp3) is 0.300. The number of rotatable bonds is 6. The van der Waals surface area contributed by atoms with E-state index in [1.165, 1.54) is 18.2 Å². The van der Waals surface area contributed by atoms with Gasteiger partial charge in [-0.15, -0.1) is 0 Å². The summed E-state index contributed by atoms with van der Waals surface area (Å²) in [5.41, 5.74) is 11.8. The van der Waals surface area contributed by atoms with Gasteiger partial charge in [-0.2, -0.15) is 0 Å². The van der Waals surface area contributed by atoms with E-state index in [1.54, 1.807) is 0 Å². The van der Waals surface area contributed by atoms with Crippen LogP contribution in [-0.2, 0) is 0 Å². The van der Waals surface area contributed by atoms with Crippen LogP contribution in [0.5, 0.6) is 0 Å². The van der Waals surface area contributed by atoms with E-state index < -0.39 is 11.6 Å². The molecule has 0 unspecified atom stereocenters. The van der Waals surface area contributed by atoms with E-state index in [1.807, 2.05) is 13.8 Å². The fourth-order valence-electron chi connectivity index (χ4n) is 2.48. The van der Waals surface area contributed by atoms with Gasteiger partial charge in [0, 0.05) is 36.3 Å². The van der Waals surface area contributed by atoms with E-state index in [2.05, 4.69) is 15.3 Å². The van der Waals surface area contributed by atoms with Crippen molar-refractivity contribution in [3.63, 3.8) is 0 Å². The maximum absolute atomic E-state index is 14.2. The van der Waals surface area contributed by atoms with Gasteiger partial charge in [-0.05, 0) is 30.7 Å². The van der Waals surface area contributed by atoms with Crippen molar-refractivity contribution in [2.24, 2.45) is 27.4 Å². The summed E-state index contributed by atoms with van der Waals surface area (Å²) in [5, 5.41) is 19.4. The molecule has 7 N–H and O–H groups in total. The molecule has 0 aromatic heterocycles. The zero-order valence-electron chi connectivity index (χ0n) is 16.4. The molecule has 0 fully saturated rings. The monoisotopic (exact) mass is 401 g/mol. The molecule has 0 bridgehead atoms. The minimum Gasteiger partial charge on any atom is -0.398 e. The number of nitrogens with two attached hydrogens (primary N) is 2. The molecule has 29 heavy (non-hydrogen) atoms. The molecule has 9 heteroatoms. The Balaban J connectivity index is 2.45. The minimum absolute atomic E-state index is 0.0115. The SMILES string of the molecule is CC(C)C(N)=NC(=N)/C=C\C(N)=C(/C(=N)c1ccc(F)cc1F)C1=NCCCN1. The first kappa shape index (κ1) is 21.9. The summed E-state index contributed by atoms with van der Waals surface area (Å²) in [5.74, 6) is -1.08. The lowest BCUT2D eigenvalue weighted by molar-refractivity contribution is 0.581. The first-order valence-corrected chi connectivity index (χ1v) is 9.14. The molecule has 0 amide bonds. The van der Waals surface area contributed by atoms with Crippen molar-refractivity contribution in [2.45, 2.75) is 20.3 Å².